The predicted octanol–water partition coefficient (Wildman–Crippen LogP) is 2.94. The SMILES string of the molecule is COc1ccc2sc(N3CCn4c(nnc4C(F)(F)F)C3)nc2c1. The number of hydrogen-bond acceptors (Lipinski definition) is 6. The van der Waals surface area contributed by atoms with Crippen molar-refractivity contribution in [3.05, 3.63) is 29.8 Å². The normalized spacial score (nSPS) is 14.9. The third-order valence-electron chi connectivity index (χ3n) is 3.86. The van der Waals surface area contributed by atoms with E-state index >= 15 is 0 Å². The summed E-state index contributed by atoms with van der Waals surface area (Å²) < 4.78 is 46.0. The molecule has 126 valence electrons. The van der Waals surface area contributed by atoms with Crippen LogP contribution in [-0.4, -0.2) is 33.4 Å². The molecule has 2 aromatic heterocycles. The lowest BCUT2D eigenvalue weighted by molar-refractivity contribution is -0.147. The van der Waals surface area contributed by atoms with Gasteiger partial charge in [0.05, 0.1) is 23.9 Å². The molecule has 0 spiro atoms. The molecule has 0 saturated heterocycles. The topological polar surface area (TPSA) is 56.1 Å². The van der Waals surface area contributed by atoms with Crippen molar-refractivity contribution in [2.24, 2.45) is 0 Å². The maximum absolute atomic E-state index is 12.9. The number of hydrogen-bond donors (Lipinski definition) is 0. The number of ether oxygens (including phenoxy) is 1. The van der Waals surface area contributed by atoms with Crippen LogP contribution in [0, 0.1) is 0 Å². The summed E-state index contributed by atoms with van der Waals surface area (Å²) in [5, 5.41) is 7.73. The zero-order valence-electron chi connectivity index (χ0n) is 12.5. The fraction of sp³-hybridized carbons (Fsp3) is 0.357. The summed E-state index contributed by atoms with van der Waals surface area (Å²) in [5.41, 5.74) is 0.803. The zero-order chi connectivity index (χ0) is 16.9. The van der Waals surface area contributed by atoms with Crippen LogP contribution < -0.4 is 9.64 Å². The van der Waals surface area contributed by atoms with E-state index in [0.29, 0.717) is 18.1 Å². The zero-order valence-corrected chi connectivity index (χ0v) is 13.4. The first-order chi connectivity index (χ1) is 11.5. The van der Waals surface area contributed by atoms with Gasteiger partial charge in [-0.2, -0.15) is 13.2 Å². The van der Waals surface area contributed by atoms with Crippen molar-refractivity contribution < 1.29 is 17.9 Å². The van der Waals surface area contributed by atoms with Crippen LogP contribution in [0.25, 0.3) is 10.2 Å². The highest BCUT2D eigenvalue weighted by Crippen LogP contribution is 2.34. The van der Waals surface area contributed by atoms with Gasteiger partial charge >= 0.3 is 6.18 Å². The number of halogens is 3. The Morgan fingerprint density at radius 3 is 2.79 bits per heavy atom. The third kappa shape index (κ3) is 2.46. The average Bonchev–Trinajstić information content (AvgIpc) is 3.16. The van der Waals surface area contributed by atoms with Crippen LogP contribution >= 0.6 is 11.3 Å². The first-order valence-electron chi connectivity index (χ1n) is 7.14. The molecular weight excluding hydrogens is 343 g/mol. The first kappa shape index (κ1) is 15.2. The molecule has 0 radical (unpaired) electrons. The Balaban J connectivity index is 1.64. The number of nitrogens with zero attached hydrogens (tertiary/aromatic N) is 5. The lowest BCUT2D eigenvalue weighted by Gasteiger charge is -2.27. The fourth-order valence-corrected chi connectivity index (χ4v) is 3.66. The Bertz CT molecular complexity index is 904. The Kier molecular flexibility index (Phi) is 3.37. The smallest absolute Gasteiger partial charge is 0.451 e. The molecule has 1 aliphatic rings. The summed E-state index contributed by atoms with van der Waals surface area (Å²) in [5.74, 6) is 0.0733. The number of fused-ring (bicyclic) bond motifs is 2. The summed E-state index contributed by atoms with van der Waals surface area (Å²) >= 11 is 1.49. The number of thiazole rings is 1. The van der Waals surface area contributed by atoms with Crippen molar-refractivity contribution in [1.29, 1.82) is 0 Å². The molecule has 0 fully saturated rings. The van der Waals surface area contributed by atoms with E-state index in [-0.39, 0.29) is 13.1 Å². The summed E-state index contributed by atoms with van der Waals surface area (Å²) in [6, 6.07) is 5.61. The number of alkyl halides is 3. The Labute approximate surface area is 138 Å². The molecule has 0 atom stereocenters. The second-order valence-corrected chi connectivity index (χ2v) is 6.35. The number of anilines is 1. The van der Waals surface area contributed by atoms with Gasteiger partial charge in [-0.15, -0.1) is 10.2 Å². The van der Waals surface area contributed by atoms with Gasteiger partial charge in [-0.1, -0.05) is 11.3 Å². The van der Waals surface area contributed by atoms with Gasteiger partial charge < -0.3 is 14.2 Å². The fourth-order valence-electron chi connectivity index (χ4n) is 2.69. The highest BCUT2D eigenvalue weighted by atomic mass is 32.1. The molecule has 24 heavy (non-hydrogen) atoms. The van der Waals surface area contributed by atoms with E-state index in [0.717, 1.165) is 19.9 Å². The van der Waals surface area contributed by atoms with Crippen LogP contribution in [0.3, 0.4) is 0 Å². The maximum atomic E-state index is 12.9. The van der Waals surface area contributed by atoms with Gasteiger partial charge in [0.25, 0.3) is 0 Å². The minimum atomic E-state index is -4.49. The van der Waals surface area contributed by atoms with Crippen LogP contribution in [0.2, 0.25) is 0 Å². The van der Waals surface area contributed by atoms with Crippen molar-refractivity contribution in [3.8, 4) is 5.75 Å². The number of methoxy groups -OCH3 is 1. The van der Waals surface area contributed by atoms with Crippen molar-refractivity contribution in [2.45, 2.75) is 19.3 Å². The number of aromatic nitrogens is 4. The van der Waals surface area contributed by atoms with Gasteiger partial charge in [-0.05, 0) is 12.1 Å². The van der Waals surface area contributed by atoms with Gasteiger partial charge in [0, 0.05) is 19.2 Å². The monoisotopic (exact) mass is 355 g/mol. The maximum Gasteiger partial charge on any atom is 0.451 e. The van der Waals surface area contributed by atoms with Gasteiger partial charge in [-0.25, -0.2) is 4.98 Å². The van der Waals surface area contributed by atoms with Gasteiger partial charge in [0.1, 0.15) is 5.75 Å². The molecule has 1 aliphatic heterocycles. The molecule has 10 heteroatoms. The van der Waals surface area contributed by atoms with Crippen LogP contribution in [0.15, 0.2) is 18.2 Å². The molecule has 3 heterocycles. The predicted molar refractivity (Wildman–Crippen MR) is 82.2 cm³/mol. The second-order valence-electron chi connectivity index (χ2n) is 5.34. The van der Waals surface area contributed by atoms with E-state index in [4.69, 9.17) is 4.74 Å². The minimum Gasteiger partial charge on any atom is -0.497 e. The molecule has 0 amide bonds. The summed E-state index contributed by atoms with van der Waals surface area (Å²) in [7, 11) is 1.59. The average molecular weight is 355 g/mol. The van der Waals surface area contributed by atoms with Crippen LogP contribution in [0.4, 0.5) is 18.3 Å². The molecule has 4 rings (SSSR count). The summed E-state index contributed by atoms with van der Waals surface area (Å²) in [6.07, 6.45) is -4.49. The van der Waals surface area contributed by atoms with E-state index in [1.165, 1.54) is 11.3 Å². The van der Waals surface area contributed by atoms with E-state index in [1.807, 2.05) is 23.1 Å². The highest BCUT2D eigenvalue weighted by molar-refractivity contribution is 7.22. The van der Waals surface area contributed by atoms with Crippen molar-refractivity contribution in [3.63, 3.8) is 0 Å². The van der Waals surface area contributed by atoms with Gasteiger partial charge in [0.2, 0.25) is 5.82 Å². The minimum absolute atomic E-state index is 0.177. The largest absolute Gasteiger partial charge is 0.497 e. The van der Waals surface area contributed by atoms with E-state index in [2.05, 4.69) is 15.2 Å². The molecular formula is C14H12F3N5OS. The molecule has 0 bridgehead atoms. The van der Waals surface area contributed by atoms with Crippen molar-refractivity contribution in [2.75, 3.05) is 18.6 Å². The Morgan fingerprint density at radius 2 is 2.04 bits per heavy atom. The van der Waals surface area contributed by atoms with Crippen LogP contribution in [-0.2, 0) is 19.3 Å². The molecule has 1 aromatic carbocycles. The Hall–Kier alpha value is -2.36. The first-order valence-corrected chi connectivity index (χ1v) is 7.96. The van der Waals surface area contributed by atoms with Gasteiger partial charge in [-0.3, -0.25) is 0 Å². The molecule has 0 saturated carbocycles. The third-order valence-corrected chi connectivity index (χ3v) is 4.96. The molecule has 0 unspecified atom stereocenters. The standard InChI is InChI=1S/C14H12F3N5OS/c1-23-8-2-3-10-9(6-8)18-13(24-10)21-4-5-22-11(7-21)19-20-12(22)14(15,16)17/h2-3,6H,4-5,7H2,1H3. The quantitative estimate of drug-likeness (QED) is 0.707. The van der Waals surface area contributed by atoms with Crippen molar-refractivity contribution >= 4 is 26.7 Å². The molecule has 0 aliphatic carbocycles. The van der Waals surface area contributed by atoms with E-state index in [1.54, 1.807) is 7.11 Å². The molecule has 0 N–H and O–H groups in total. The molecule has 6 nitrogen and oxygen atoms in total. The number of rotatable bonds is 2. The lowest BCUT2D eigenvalue weighted by Crippen LogP contribution is -2.35. The second kappa shape index (κ2) is 5.33. The van der Waals surface area contributed by atoms with Crippen molar-refractivity contribution in [1.82, 2.24) is 19.7 Å². The summed E-state index contributed by atoms with van der Waals surface area (Å²) in [6.45, 7) is 0.849. The summed E-state index contributed by atoms with van der Waals surface area (Å²) in [4.78, 5) is 6.48. The lowest BCUT2D eigenvalue weighted by atomic mass is 10.3. The van der Waals surface area contributed by atoms with E-state index < -0.39 is 12.0 Å². The van der Waals surface area contributed by atoms with E-state index in [9.17, 15) is 13.2 Å². The van der Waals surface area contributed by atoms with Gasteiger partial charge in [0.15, 0.2) is 11.0 Å². The van der Waals surface area contributed by atoms with Crippen LogP contribution in [0.1, 0.15) is 11.6 Å². The highest BCUT2D eigenvalue weighted by Gasteiger charge is 2.39. The Morgan fingerprint density at radius 1 is 1.21 bits per heavy atom. The molecule has 3 aromatic rings. The number of benzene rings is 1. The van der Waals surface area contributed by atoms with Crippen LogP contribution in [0.5, 0.6) is 5.75 Å².